The number of hydrogen-bond donors (Lipinski definition) is 3. The number of aliphatic hydroxyl groups excluding tert-OH is 1. The minimum Gasteiger partial charge on any atom is -0.393 e. The minimum atomic E-state index is -0.226. The first-order valence-electron chi connectivity index (χ1n) is 6.52. The van der Waals surface area contributed by atoms with E-state index in [0.29, 0.717) is 18.0 Å². The van der Waals surface area contributed by atoms with Crippen LogP contribution in [0.5, 0.6) is 0 Å². The van der Waals surface area contributed by atoms with E-state index in [-0.39, 0.29) is 17.3 Å². The maximum Gasteiger partial charge on any atom is 0.226 e. The van der Waals surface area contributed by atoms with Gasteiger partial charge in [0.15, 0.2) is 11.5 Å². The Kier molecular flexibility index (Phi) is 3.52. The Labute approximate surface area is 115 Å². The quantitative estimate of drug-likeness (QED) is 0.749. The van der Waals surface area contributed by atoms with Crippen molar-refractivity contribution >= 4 is 28.6 Å². The normalized spacial score (nSPS) is 23.7. The highest BCUT2D eigenvalue weighted by Crippen LogP contribution is 2.25. The van der Waals surface area contributed by atoms with E-state index >= 15 is 0 Å². The van der Waals surface area contributed by atoms with Crippen LogP contribution in [0.3, 0.4) is 0 Å². The maximum atomic E-state index is 9.96. The zero-order chi connectivity index (χ0) is 13.2. The molecule has 19 heavy (non-hydrogen) atoms. The van der Waals surface area contributed by atoms with E-state index in [1.807, 2.05) is 0 Å². The van der Waals surface area contributed by atoms with Crippen molar-refractivity contribution in [1.29, 1.82) is 0 Å². The number of imidazole rings is 1. The topological polar surface area (TPSA) is 86.7 Å². The summed E-state index contributed by atoms with van der Waals surface area (Å²) in [5.74, 6) is 0.908. The van der Waals surface area contributed by atoms with Crippen molar-refractivity contribution in [2.75, 3.05) is 11.9 Å². The Morgan fingerprint density at radius 1 is 1.37 bits per heavy atom. The van der Waals surface area contributed by atoms with Crippen LogP contribution in [0.1, 0.15) is 25.7 Å². The third kappa shape index (κ3) is 2.64. The third-order valence-electron chi connectivity index (χ3n) is 3.66. The van der Waals surface area contributed by atoms with Crippen molar-refractivity contribution in [3.05, 3.63) is 11.6 Å². The van der Waals surface area contributed by atoms with Gasteiger partial charge in [-0.1, -0.05) is 12.8 Å². The van der Waals surface area contributed by atoms with E-state index < -0.39 is 0 Å². The first-order chi connectivity index (χ1) is 9.24. The second-order valence-corrected chi connectivity index (χ2v) is 5.27. The molecular weight excluding hydrogens is 266 g/mol. The predicted molar refractivity (Wildman–Crippen MR) is 73.1 cm³/mol. The number of nitrogens with zero attached hydrogens (tertiary/aromatic N) is 3. The number of H-pyrrole nitrogens is 1. The van der Waals surface area contributed by atoms with E-state index in [1.165, 1.54) is 6.42 Å². The first kappa shape index (κ1) is 12.6. The highest BCUT2D eigenvalue weighted by Gasteiger charge is 2.23. The molecule has 1 saturated carbocycles. The minimum absolute atomic E-state index is 0.172. The number of nitrogens with one attached hydrogen (secondary N) is 2. The maximum absolute atomic E-state index is 9.96. The predicted octanol–water partition coefficient (Wildman–Crippen LogP) is 1.97. The molecule has 0 spiro atoms. The highest BCUT2D eigenvalue weighted by molar-refractivity contribution is 6.28. The SMILES string of the molecule is OC1CCCCC1CNc1nc(Cl)nc2nc[nH]c12. The summed E-state index contributed by atoms with van der Waals surface area (Å²) in [7, 11) is 0. The van der Waals surface area contributed by atoms with Crippen LogP contribution in [0.4, 0.5) is 5.82 Å². The molecule has 2 aromatic rings. The number of anilines is 1. The molecule has 0 saturated heterocycles. The van der Waals surface area contributed by atoms with E-state index in [0.717, 1.165) is 24.8 Å². The van der Waals surface area contributed by atoms with Gasteiger partial charge in [-0.05, 0) is 24.4 Å². The second kappa shape index (κ2) is 5.30. The monoisotopic (exact) mass is 281 g/mol. The summed E-state index contributed by atoms with van der Waals surface area (Å²) in [5, 5.41) is 13.4. The molecule has 0 amide bonds. The van der Waals surface area contributed by atoms with E-state index in [1.54, 1.807) is 6.33 Å². The number of fused-ring (bicyclic) bond motifs is 1. The van der Waals surface area contributed by atoms with E-state index in [4.69, 9.17) is 11.6 Å². The largest absolute Gasteiger partial charge is 0.393 e. The molecule has 2 unspecified atom stereocenters. The number of halogens is 1. The zero-order valence-corrected chi connectivity index (χ0v) is 11.2. The van der Waals surface area contributed by atoms with Crippen molar-refractivity contribution in [3.8, 4) is 0 Å². The number of rotatable bonds is 3. The van der Waals surface area contributed by atoms with E-state index in [9.17, 15) is 5.11 Å². The third-order valence-corrected chi connectivity index (χ3v) is 3.83. The molecule has 0 aliphatic heterocycles. The average molecular weight is 282 g/mol. The van der Waals surface area contributed by atoms with Crippen molar-refractivity contribution < 1.29 is 5.11 Å². The Hall–Kier alpha value is -1.40. The van der Waals surface area contributed by atoms with Gasteiger partial charge in [-0.15, -0.1) is 0 Å². The molecule has 2 heterocycles. The molecule has 0 bridgehead atoms. The summed E-state index contributed by atoms with van der Waals surface area (Å²) in [4.78, 5) is 15.3. The van der Waals surface area contributed by atoms with Gasteiger partial charge >= 0.3 is 0 Å². The number of aliphatic hydroxyl groups is 1. The van der Waals surface area contributed by atoms with Gasteiger partial charge in [-0.2, -0.15) is 9.97 Å². The van der Waals surface area contributed by atoms with Crippen LogP contribution in [0.25, 0.3) is 11.2 Å². The molecule has 0 aromatic carbocycles. The summed E-state index contributed by atoms with van der Waals surface area (Å²) in [6, 6.07) is 0. The first-order valence-corrected chi connectivity index (χ1v) is 6.90. The molecular formula is C12H16ClN5O. The molecule has 7 heteroatoms. The van der Waals surface area contributed by atoms with Gasteiger partial charge in [0.2, 0.25) is 5.28 Å². The fraction of sp³-hybridized carbons (Fsp3) is 0.583. The fourth-order valence-corrected chi connectivity index (χ4v) is 2.75. The van der Waals surface area contributed by atoms with Crippen LogP contribution in [-0.2, 0) is 0 Å². The summed E-state index contributed by atoms with van der Waals surface area (Å²) in [6.45, 7) is 0.683. The van der Waals surface area contributed by atoms with Gasteiger partial charge in [0.1, 0.15) is 5.52 Å². The number of aromatic nitrogens is 4. The molecule has 2 atom stereocenters. The zero-order valence-electron chi connectivity index (χ0n) is 10.4. The molecule has 3 N–H and O–H groups in total. The van der Waals surface area contributed by atoms with Gasteiger partial charge in [0, 0.05) is 12.5 Å². The van der Waals surface area contributed by atoms with Crippen LogP contribution in [0, 0.1) is 5.92 Å². The smallest absolute Gasteiger partial charge is 0.226 e. The van der Waals surface area contributed by atoms with Crippen LogP contribution in [0.2, 0.25) is 5.28 Å². The lowest BCUT2D eigenvalue weighted by Gasteiger charge is -2.27. The van der Waals surface area contributed by atoms with Crippen molar-refractivity contribution in [1.82, 2.24) is 19.9 Å². The Balaban J connectivity index is 1.75. The lowest BCUT2D eigenvalue weighted by molar-refractivity contribution is 0.0763. The summed E-state index contributed by atoms with van der Waals surface area (Å²) < 4.78 is 0. The summed E-state index contributed by atoms with van der Waals surface area (Å²) in [6.07, 6.45) is 5.55. The van der Waals surface area contributed by atoms with Crippen LogP contribution in [-0.4, -0.2) is 37.7 Å². The molecule has 0 radical (unpaired) electrons. The van der Waals surface area contributed by atoms with Crippen molar-refractivity contribution in [2.45, 2.75) is 31.8 Å². The Bertz CT molecular complexity index is 572. The lowest BCUT2D eigenvalue weighted by Crippen LogP contribution is -2.30. The molecule has 3 rings (SSSR count). The Morgan fingerprint density at radius 3 is 3.05 bits per heavy atom. The molecule has 2 aromatic heterocycles. The highest BCUT2D eigenvalue weighted by atomic mass is 35.5. The van der Waals surface area contributed by atoms with Gasteiger partial charge in [-0.3, -0.25) is 0 Å². The molecule has 102 valence electrons. The van der Waals surface area contributed by atoms with E-state index in [2.05, 4.69) is 25.3 Å². The summed E-state index contributed by atoms with van der Waals surface area (Å²) >= 11 is 5.87. The molecule has 1 aliphatic rings. The van der Waals surface area contributed by atoms with Crippen LogP contribution in [0.15, 0.2) is 6.33 Å². The summed E-state index contributed by atoms with van der Waals surface area (Å²) in [5.41, 5.74) is 1.29. The van der Waals surface area contributed by atoms with Crippen LogP contribution >= 0.6 is 11.6 Å². The lowest BCUT2D eigenvalue weighted by atomic mass is 9.86. The van der Waals surface area contributed by atoms with Gasteiger partial charge < -0.3 is 15.4 Å². The molecule has 6 nitrogen and oxygen atoms in total. The molecule has 1 aliphatic carbocycles. The van der Waals surface area contributed by atoms with Crippen molar-refractivity contribution in [2.24, 2.45) is 5.92 Å². The van der Waals surface area contributed by atoms with Gasteiger partial charge in [0.25, 0.3) is 0 Å². The standard InChI is InChI=1S/C12H16ClN5O/c13-12-17-10(9-11(18-12)16-6-15-9)14-5-7-3-1-2-4-8(7)19/h6-8,19H,1-5H2,(H2,14,15,16,17,18). The van der Waals surface area contributed by atoms with Gasteiger partial charge in [-0.25, -0.2) is 4.98 Å². The fourth-order valence-electron chi connectivity index (χ4n) is 2.59. The van der Waals surface area contributed by atoms with Crippen LogP contribution < -0.4 is 5.32 Å². The Morgan fingerprint density at radius 2 is 2.21 bits per heavy atom. The van der Waals surface area contributed by atoms with Crippen molar-refractivity contribution in [3.63, 3.8) is 0 Å². The van der Waals surface area contributed by atoms with Gasteiger partial charge in [0.05, 0.1) is 12.4 Å². The number of aromatic amines is 1. The number of hydrogen-bond acceptors (Lipinski definition) is 5. The molecule has 1 fully saturated rings. The second-order valence-electron chi connectivity index (χ2n) is 4.94. The average Bonchev–Trinajstić information content (AvgIpc) is 2.85.